The standard InChI is InChI=1S/C17H18F3N5O4/c1-11(25(27)28)8-13-2-3-14(29-13)15(26)23-4-6-24(7-5-23)16-21-9-12(10-22-16)17(18,19)20/h2-3,9-11H,4-8H2,1H3. The minimum absolute atomic E-state index is 0.0827. The van der Waals surface area contributed by atoms with Gasteiger partial charge in [0.2, 0.25) is 12.0 Å². The molecule has 0 saturated carbocycles. The number of halogens is 3. The monoisotopic (exact) mass is 413 g/mol. The van der Waals surface area contributed by atoms with Crippen LogP contribution in [0.15, 0.2) is 28.9 Å². The maximum Gasteiger partial charge on any atom is 0.419 e. The lowest BCUT2D eigenvalue weighted by Gasteiger charge is -2.34. The fraction of sp³-hybridized carbons (Fsp3) is 0.471. The van der Waals surface area contributed by atoms with Gasteiger partial charge in [-0.1, -0.05) is 0 Å². The smallest absolute Gasteiger partial charge is 0.419 e. The summed E-state index contributed by atoms with van der Waals surface area (Å²) in [6.07, 6.45) is -2.95. The van der Waals surface area contributed by atoms with E-state index in [1.165, 1.54) is 13.0 Å². The molecule has 1 fully saturated rings. The van der Waals surface area contributed by atoms with E-state index in [2.05, 4.69) is 9.97 Å². The van der Waals surface area contributed by atoms with Gasteiger partial charge in [-0.05, 0) is 12.1 Å². The number of hydrogen-bond acceptors (Lipinski definition) is 7. The number of furan rings is 1. The first-order chi connectivity index (χ1) is 13.6. The van der Waals surface area contributed by atoms with Crippen LogP contribution in [0.3, 0.4) is 0 Å². The highest BCUT2D eigenvalue weighted by atomic mass is 19.4. The Morgan fingerprint density at radius 1 is 1.24 bits per heavy atom. The number of rotatable bonds is 5. The Labute approximate surface area is 163 Å². The number of hydrogen-bond donors (Lipinski definition) is 0. The second-order valence-electron chi connectivity index (χ2n) is 6.65. The molecule has 156 valence electrons. The fourth-order valence-electron chi connectivity index (χ4n) is 2.86. The molecule has 29 heavy (non-hydrogen) atoms. The molecular weight excluding hydrogens is 395 g/mol. The first kappa shape index (κ1) is 20.6. The van der Waals surface area contributed by atoms with Crippen LogP contribution in [0.1, 0.15) is 28.8 Å². The van der Waals surface area contributed by atoms with E-state index in [0.717, 1.165) is 12.4 Å². The quantitative estimate of drug-likeness (QED) is 0.547. The van der Waals surface area contributed by atoms with Gasteiger partial charge in [0.25, 0.3) is 5.91 Å². The zero-order chi connectivity index (χ0) is 21.2. The van der Waals surface area contributed by atoms with Crippen LogP contribution in [0.2, 0.25) is 0 Å². The molecule has 2 aromatic heterocycles. The van der Waals surface area contributed by atoms with E-state index in [9.17, 15) is 28.1 Å². The number of carbonyl (C=O) groups is 1. The summed E-state index contributed by atoms with van der Waals surface area (Å²) in [5.74, 6) is 0.265. The average Bonchev–Trinajstić information content (AvgIpc) is 3.15. The molecule has 3 heterocycles. The lowest BCUT2D eigenvalue weighted by atomic mass is 10.2. The van der Waals surface area contributed by atoms with Crippen LogP contribution in [-0.2, 0) is 12.6 Å². The van der Waals surface area contributed by atoms with E-state index in [1.54, 1.807) is 15.9 Å². The topological polar surface area (TPSA) is 106 Å². The van der Waals surface area contributed by atoms with Crippen molar-refractivity contribution in [3.63, 3.8) is 0 Å². The molecule has 3 rings (SSSR count). The molecule has 0 N–H and O–H groups in total. The molecule has 1 unspecified atom stereocenters. The first-order valence-corrected chi connectivity index (χ1v) is 8.81. The van der Waals surface area contributed by atoms with Crippen LogP contribution < -0.4 is 4.90 Å². The molecule has 0 aromatic carbocycles. The van der Waals surface area contributed by atoms with E-state index in [1.807, 2.05) is 0 Å². The van der Waals surface area contributed by atoms with Crippen molar-refractivity contribution in [2.45, 2.75) is 25.6 Å². The number of nitro groups is 1. The third kappa shape index (κ3) is 4.81. The van der Waals surface area contributed by atoms with Gasteiger partial charge in [-0.3, -0.25) is 14.9 Å². The molecule has 0 bridgehead atoms. The van der Waals surface area contributed by atoms with E-state index in [4.69, 9.17) is 4.42 Å². The van der Waals surface area contributed by atoms with Crippen LogP contribution in [0, 0.1) is 10.1 Å². The summed E-state index contributed by atoms with van der Waals surface area (Å²) in [7, 11) is 0. The predicted molar refractivity (Wildman–Crippen MR) is 94.0 cm³/mol. The lowest BCUT2D eigenvalue weighted by Crippen LogP contribution is -2.49. The third-order valence-electron chi connectivity index (χ3n) is 4.54. The van der Waals surface area contributed by atoms with E-state index < -0.39 is 22.7 Å². The number of aromatic nitrogens is 2. The number of carbonyl (C=O) groups excluding carboxylic acids is 1. The van der Waals surface area contributed by atoms with Gasteiger partial charge >= 0.3 is 6.18 Å². The molecule has 1 atom stereocenters. The van der Waals surface area contributed by atoms with Crippen molar-refractivity contribution in [2.24, 2.45) is 0 Å². The number of amides is 1. The maximum absolute atomic E-state index is 12.6. The largest absolute Gasteiger partial charge is 0.456 e. The number of nitrogens with zero attached hydrogens (tertiary/aromatic N) is 5. The Balaban J connectivity index is 1.57. The summed E-state index contributed by atoms with van der Waals surface area (Å²) in [6.45, 7) is 2.77. The Kier molecular flexibility index (Phi) is 5.71. The fourth-order valence-corrected chi connectivity index (χ4v) is 2.86. The van der Waals surface area contributed by atoms with Crippen LogP contribution in [0.25, 0.3) is 0 Å². The van der Waals surface area contributed by atoms with Gasteiger partial charge in [0.1, 0.15) is 5.76 Å². The van der Waals surface area contributed by atoms with Crippen molar-refractivity contribution in [1.29, 1.82) is 0 Å². The Morgan fingerprint density at radius 3 is 2.41 bits per heavy atom. The average molecular weight is 413 g/mol. The minimum Gasteiger partial charge on any atom is -0.456 e. The second kappa shape index (κ2) is 8.05. The third-order valence-corrected chi connectivity index (χ3v) is 4.54. The first-order valence-electron chi connectivity index (χ1n) is 8.81. The van der Waals surface area contributed by atoms with Gasteiger partial charge in [-0.15, -0.1) is 0 Å². The summed E-state index contributed by atoms with van der Waals surface area (Å²) in [6, 6.07) is 2.20. The van der Waals surface area contributed by atoms with E-state index >= 15 is 0 Å². The zero-order valence-electron chi connectivity index (χ0n) is 15.4. The van der Waals surface area contributed by atoms with Gasteiger partial charge in [0, 0.05) is 50.4 Å². The minimum atomic E-state index is -4.50. The van der Waals surface area contributed by atoms with E-state index in [-0.39, 0.29) is 24.0 Å². The van der Waals surface area contributed by atoms with Crippen LogP contribution in [0.4, 0.5) is 19.1 Å². The SMILES string of the molecule is CC(Cc1ccc(C(=O)N2CCN(c3ncc(C(F)(F)F)cn3)CC2)o1)[N+](=O)[O-]. The molecular formula is C17H18F3N5O4. The molecule has 9 nitrogen and oxygen atoms in total. The van der Waals surface area contributed by atoms with Crippen molar-refractivity contribution in [3.05, 3.63) is 51.7 Å². The predicted octanol–water partition coefficient (Wildman–Crippen LogP) is 2.26. The molecule has 12 heteroatoms. The number of alkyl halides is 3. The Hall–Kier alpha value is -3.18. The summed E-state index contributed by atoms with van der Waals surface area (Å²) in [5, 5.41) is 10.7. The van der Waals surface area contributed by atoms with Gasteiger partial charge in [0.05, 0.1) is 12.0 Å². The molecule has 1 saturated heterocycles. The highest BCUT2D eigenvalue weighted by Gasteiger charge is 2.32. The summed E-state index contributed by atoms with van der Waals surface area (Å²) < 4.78 is 43.2. The molecule has 1 aliphatic heterocycles. The van der Waals surface area contributed by atoms with Crippen molar-refractivity contribution < 1.29 is 27.3 Å². The molecule has 1 aliphatic rings. The molecule has 2 aromatic rings. The van der Waals surface area contributed by atoms with Gasteiger partial charge in [0.15, 0.2) is 5.76 Å². The Bertz CT molecular complexity index is 876. The highest BCUT2D eigenvalue weighted by Crippen LogP contribution is 2.28. The summed E-state index contributed by atoms with van der Waals surface area (Å²) in [4.78, 5) is 33.6. The van der Waals surface area contributed by atoms with Crippen LogP contribution in [0.5, 0.6) is 0 Å². The normalized spacial score (nSPS) is 16.0. The Morgan fingerprint density at radius 2 is 1.86 bits per heavy atom. The maximum atomic E-state index is 12.6. The van der Waals surface area contributed by atoms with E-state index in [0.29, 0.717) is 31.9 Å². The van der Waals surface area contributed by atoms with Crippen molar-refractivity contribution in [1.82, 2.24) is 14.9 Å². The van der Waals surface area contributed by atoms with Crippen molar-refractivity contribution in [2.75, 3.05) is 31.1 Å². The van der Waals surface area contributed by atoms with Gasteiger partial charge in [-0.25, -0.2) is 9.97 Å². The lowest BCUT2D eigenvalue weighted by molar-refractivity contribution is -0.517. The van der Waals surface area contributed by atoms with Crippen molar-refractivity contribution >= 4 is 11.9 Å². The summed E-state index contributed by atoms with van der Waals surface area (Å²) >= 11 is 0. The van der Waals surface area contributed by atoms with Crippen LogP contribution in [-0.4, -0.2) is 57.9 Å². The molecule has 0 radical (unpaired) electrons. The number of piperazine rings is 1. The second-order valence-corrected chi connectivity index (χ2v) is 6.65. The van der Waals surface area contributed by atoms with Crippen LogP contribution >= 0.6 is 0 Å². The zero-order valence-corrected chi connectivity index (χ0v) is 15.4. The van der Waals surface area contributed by atoms with Crippen molar-refractivity contribution in [3.8, 4) is 0 Å². The highest BCUT2D eigenvalue weighted by molar-refractivity contribution is 5.91. The van der Waals surface area contributed by atoms with Gasteiger partial charge in [-0.2, -0.15) is 13.2 Å². The summed E-state index contributed by atoms with van der Waals surface area (Å²) in [5.41, 5.74) is -0.921. The molecule has 1 amide bonds. The van der Waals surface area contributed by atoms with Gasteiger partial charge < -0.3 is 14.2 Å². The number of anilines is 1. The molecule has 0 aliphatic carbocycles. The molecule has 0 spiro atoms.